The first-order valence-electron chi connectivity index (χ1n) is 9.66. The summed E-state index contributed by atoms with van der Waals surface area (Å²) in [6.45, 7) is 12.4. The number of nitrogens with zero attached hydrogens (tertiary/aromatic N) is 3. The molecule has 0 saturated heterocycles. The van der Waals surface area contributed by atoms with E-state index in [1.165, 1.54) is 0 Å². The summed E-state index contributed by atoms with van der Waals surface area (Å²) in [4.78, 5) is 13.2. The van der Waals surface area contributed by atoms with Gasteiger partial charge in [-0.2, -0.15) is 5.10 Å². The highest BCUT2D eigenvalue weighted by molar-refractivity contribution is 5.89. The molecule has 6 nitrogen and oxygen atoms in total. The fraction of sp³-hybridized carbons (Fsp3) is 0.409. The molecule has 2 aromatic carbocycles. The number of para-hydroxylation sites is 1. The van der Waals surface area contributed by atoms with Crippen molar-refractivity contribution in [3.8, 4) is 0 Å². The topological polar surface area (TPSA) is 70.8 Å². The summed E-state index contributed by atoms with van der Waals surface area (Å²) >= 11 is 0. The van der Waals surface area contributed by atoms with E-state index in [0.29, 0.717) is 11.8 Å². The SMILES string of the molecule is Cc1ccccc1N/N=C/c1cc([N+](=O)[O-])ccc1N(CC(C)C)CC(C)C. The van der Waals surface area contributed by atoms with Gasteiger partial charge >= 0.3 is 0 Å². The highest BCUT2D eigenvalue weighted by atomic mass is 16.6. The van der Waals surface area contributed by atoms with E-state index in [1.54, 1.807) is 18.3 Å². The van der Waals surface area contributed by atoms with Crippen molar-refractivity contribution in [3.05, 3.63) is 63.7 Å². The maximum absolute atomic E-state index is 11.3. The maximum Gasteiger partial charge on any atom is 0.270 e. The van der Waals surface area contributed by atoms with Crippen LogP contribution in [0.4, 0.5) is 17.1 Å². The largest absolute Gasteiger partial charge is 0.370 e. The van der Waals surface area contributed by atoms with E-state index in [1.807, 2.05) is 37.3 Å². The second kappa shape index (κ2) is 9.88. The molecule has 0 atom stereocenters. The third-order valence-corrected chi connectivity index (χ3v) is 4.27. The average molecular weight is 383 g/mol. The molecule has 0 amide bonds. The van der Waals surface area contributed by atoms with Gasteiger partial charge in [-0.05, 0) is 36.5 Å². The number of nitro benzene ring substituents is 1. The van der Waals surface area contributed by atoms with Gasteiger partial charge in [0.05, 0.1) is 16.8 Å². The highest BCUT2D eigenvalue weighted by Gasteiger charge is 2.17. The van der Waals surface area contributed by atoms with Gasteiger partial charge in [0.2, 0.25) is 0 Å². The molecule has 28 heavy (non-hydrogen) atoms. The van der Waals surface area contributed by atoms with Crippen LogP contribution in [0.2, 0.25) is 0 Å². The number of nitrogens with one attached hydrogen (secondary N) is 1. The molecule has 6 heteroatoms. The minimum atomic E-state index is -0.370. The van der Waals surface area contributed by atoms with Gasteiger partial charge in [-0.15, -0.1) is 0 Å². The van der Waals surface area contributed by atoms with Crippen molar-refractivity contribution >= 4 is 23.3 Å². The molecule has 0 heterocycles. The van der Waals surface area contributed by atoms with Crippen molar-refractivity contribution in [2.24, 2.45) is 16.9 Å². The van der Waals surface area contributed by atoms with E-state index in [9.17, 15) is 10.1 Å². The Balaban J connectivity index is 2.37. The number of hydrogen-bond donors (Lipinski definition) is 1. The van der Waals surface area contributed by atoms with Crippen molar-refractivity contribution in [3.63, 3.8) is 0 Å². The first-order chi connectivity index (χ1) is 13.3. The summed E-state index contributed by atoms with van der Waals surface area (Å²) in [7, 11) is 0. The van der Waals surface area contributed by atoms with Gasteiger partial charge in [-0.25, -0.2) is 0 Å². The zero-order valence-electron chi connectivity index (χ0n) is 17.3. The lowest BCUT2D eigenvalue weighted by Crippen LogP contribution is -2.32. The Labute approximate surface area is 167 Å². The van der Waals surface area contributed by atoms with Crippen LogP contribution in [0.3, 0.4) is 0 Å². The smallest absolute Gasteiger partial charge is 0.270 e. The molecule has 0 saturated carbocycles. The Bertz CT molecular complexity index is 821. The molecule has 0 aliphatic carbocycles. The molecular formula is C22H30N4O2. The van der Waals surface area contributed by atoms with E-state index < -0.39 is 0 Å². The molecule has 0 aliphatic heterocycles. The molecular weight excluding hydrogens is 352 g/mol. The predicted octanol–water partition coefficient (Wildman–Crippen LogP) is 5.47. The molecule has 1 N–H and O–H groups in total. The molecule has 0 radical (unpaired) electrons. The molecule has 0 spiro atoms. The Morgan fingerprint density at radius 1 is 1.11 bits per heavy atom. The fourth-order valence-corrected chi connectivity index (χ4v) is 3.07. The Morgan fingerprint density at radius 3 is 2.32 bits per heavy atom. The van der Waals surface area contributed by atoms with Crippen LogP contribution in [0.5, 0.6) is 0 Å². The van der Waals surface area contributed by atoms with Crippen molar-refractivity contribution in [1.82, 2.24) is 0 Å². The van der Waals surface area contributed by atoms with E-state index in [0.717, 1.165) is 35.6 Å². The van der Waals surface area contributed by atoms with Crippen LogP contribution in [0.1, 0.15) is 38.8 Å². The highest BCUT2D eigenvalue weighted by Crippen LogP contribution is 2.26. The van der Waals surface area contributed by atoms with Gasteiger partial charge < -0.3 is 4.90 Å². The number of rotatable bonds is 9. The zero-order chi connectivity index (χ0) is 20.7. The van der Waals surface area contributed by atoms with Crippen molar-refractivity contribution in [1.29, 1.82) is 0 Å². The second-order valence-corrected chi connectivity index (χ2v) is 7.88. The summed E-state index contributed by atoms with van der Waals surface area (Å²) in [5, 5.41) is 15.6. The average Bonchev–Trinajstić information content (AvgIpc) is 2.62. The molecule has 0 bridgehead atoms. The Morgan fingerprint density at radius 2 is 1.75 bits per heavy atom. The number of non-ortho nitro benzene ring substituents is 1. The molecule has 2 rings (SSSR count). The molecule has 0 unspecified atom stereocenters. The summed E-state index contributed by atoms with van der Waals surface area (Å²) < 4.78 is 0. The molecule has 150 valence electrons. The van der Waals surface area contributed by atoms with E-state index in [2.05, 4.69) is 43.1 Å². The van der Waals surface area contributed by atoms with E-state index in [-0.39, 0.29) is 10.6 Å². The normalized spacial score (nSPS) is 11.4. The lowest BCUT2D eigenvalue weighted by Gasteiger charge is -2.29. The third-order valence-electron chi connectivity index (χ3n) is 4.27. The number of nitro groups is 1. The van der Waals surface area contributed by atoms with Crippen LogP contribution in [0.25, 0.3) is 0 Å². The number of aryl methyl sites for hydroxylation is 1. The standard InChI is InChI=1S/C22H30N4O2/c1-16(2)14-25(15-17(3)4)22-11-10-20(26(27)28)12-19(22)13-23-24-21-9-7-6-8-18(21)5/h6-13,16-17,24H,14-15H2,1-5H3/b23-13+. The first kappa shape index (κ1) is 21.4. The fourth-order valence-electron chi connectivity index (χ4n) is 3.07. The Hall–Kier alpha value is -2.89. The van der Waals surface area contributed by atoms with Gasteiger partial charge in [0.1, 0.15) is 0 Å². The maximum atomic E-state index is 11.3. The summed E-state index contributed by atoms with van der Waals surface area (Å²) in [5.41, 5.74) is 6.79. The number of hydrogen-bond acceptors (Lipinski definition) is 5. The summed E-state index contributed by atoms with van der Waals surface area (Å²) in [5.74, 6) is 0.952. The molecule has 0 fully saturated rings. The van der Waals surface area contributed by atoms with Crippen molar-refractivity contribution in [2.75, 3.05) is 23.4 Å². The summed E-state index contributed by atoms with van der Waals surface area (Å²) in [6.07, 6.45) is 1.67. The number of anilines is 2. The molecule has 2 aromatic rings. The van der Waals surface area contributed by atoms with Crippen LogP contribution in [-0.4, -0.2) is 24.2 Å². The lowest BCUT2D eigenvalue weighted by molar-refractivity contribution is -0.384. The van der Waals surface area contributed by atoms with Crippen LogP contribution in [-0.2, 0) is 0 Å². The van der Waals surface area contributed by atoms with Crippen LogP contribution < -0.4 is 10.3 Å². The quantitative estimate of drug-likeness (QED) is 0.355. The van der Waals surface area contributed by atoms with Gasteiger partial charge in [-0.3, -0.25) is 15.5 Å². The van der Waals surface area contributed by atoms with Crippen LogP contribution in [0.15, 0.2) is 47.6 Å². The van der Waals surface area contributed by atoms with Gasteiger partial charge in [0, 0.05) is 36.5 Å². The van der Waals surface area contributed by atoms with Gasteiger partial charge in [0.25, 0.3) is 5.69 Å². The zero-order valence-corrected chi connectivity index (χ0v) is 17.3. The second-order valence-electron chi connectivity index (χ2n) is 7.88. The van der Waals surface area contributed by atoms with Crippen LogP contribution >= 0.6 is 0 Å². The van der Waals surface area contributed by atoms with Gasteiger partial charge in [0.15, 0.2) is 0 Å². The van der Waals surface area contributed by atoms with E-state index in [4.69, 9.17) is 0 Å². The van der Waals surface area contributed by atoms with Crippen molar-refractivity contribution in [2.45, 2.75) is 34.6 Å². The van der Waals surface area contributed by atoms with Gasteiger partial charge in [-0.1, -0.05) is 45.9 Å². The molecule has 0 aromatic heterocycles. The first-order valence-corrected chi connectivity index (χ1v) is 9.66. The van der Waals surface area contributed by atoms with E-state index >= 15 is 0 Å². The van der Waals surface area contributed by atoms with Crippen molar-refractivity contribution < 1.29 is 4.92 Å². The van der Waals surface area contributed by atoms with Crippen LogP contribution in [0, 0.1) is 28.9 Å². The number of hydrazone groups is 1. The summed E-state index contributed by atoms with van der Waals surface area (Å²) in [6, 6.07) is 12.9. The minimum Gasteiger partial charge on any atom is -0.370 e. The monoisotopic (exact) mass is 382 g/mol. The lowest BCUT2D eigenvalue weighted by atomic mass is 10.1. The Kier molecular flexibility index (Phi) is 7.55. The molecule has 0 aliphatic rings. The number of benzene rings is 2. The third kappa shape index (κ3) is 6.08. The minimum absolute atomic E-state index is 0.0649. The predicted molar refractivity (Wildman–Crippen MR) is 117 cm³/mol.